The van der Waals surface area contributed by atoms with Crippen molar-refractivity contribution in [3.05, 3.63) is 48.4 Å². The summed E-state index contributed by atoms with van der Waals surface area (Å²) in [5, 5.41) is 4.58. The molecule has 0 spiro atoms. The summed E-state index contributed by atoms with van der Waals surface area (Å²) in [5.74, 6) is 0.389. The van der Waals surface area contributed by atoms with E-state index >= 15 is 0 Å². The average Bonchev–Trinajstić information content (AvgIpc) is 3.44. The molecular formula is C31H43N7O3. The molecule has 0 radical (unpaired) electrons. The summed E-state index contributed by atoms with van der Waals surface area (Å²) in [4.78, 5) is 24.5. The lowest BCUT2D eigenvalue weighted by Crippen LogP contribution is -2.53. The van der Waals surface area contributed by atoms with Crippen molar-refractivity contribution in [2.24, 2.45) is 11.7 Å². The van der Waals surface area contributed by atoms with Crippen molar-refractivity contribution in [3.63, 3.8) is 0 Å². The number of pyridine rings is 1. The van der Waals surface area contributed by atoms with Crippen molar-refractivity contribution in [2.45, 2.75) is 50.3 Å². The minimum absolute atomic E-state index is 0.118. The molecule has 0 bridgehead atoms. The third kappa shape index (κ3) is 5.46. The lowest BCUT2D eigenvalue weighted by atomic mass is 9.80. The first-order valence-electron chi connectivity index (χ1n) is 14.9. The summed E-state index contributed by atoms with van der Waals surface area (Å²) >= 11 is 0. The maximum Gasteiger partial charge on any atom is 0.225 e. The van der Waals surface area contributed by atoms with E-state index in [0.717, 1.165) is 99.6 Å². The van der Waals surface area contributed by atoms with Gasteiger partial charge in [-0.25, -0.2) is 4.52 Å². The summed E-state index contributed by atoms with van der Waals surface area (Å²) in [6, 6.07) is 9.10. The molecule has 3 fully saturated rings. The van der Waals surface area contributed by atoms with Crippen LogP contribution in [0.4, 0.5) is 5.69 Å². The van der Waals surface area contributed by atoms with Gasteiger partial charge >= 0.3 is 0 Å². The lowest BCUT2D eigenvalue weighted by Gasteiger charge is -2.43. The van der Waals surface area contributed by atoms with Gasteiger partial charge in [0.15, 0.2) is 0 Å². The Kier molecular flexibility index (Phi) is 8.00. The molecule has 5 heterocycles. The number of hydrogen-bond donors (Lipinski definition) is 1. The molecule has 1 amide bonds. The number of carbonyl (C=O) groups excluding carboxylic acids is 1. The minimum atomic E-state index is -0.316. The minimum Gasteiger partial charge on any atom is -0.383 e. The number of anilines is 1. The van der Waals surface area contributed by atoms with Crippen LogP contribution in [0.15, 0.2) is 42.9 Å². The second-order valence-electron chi connectivity index (χ2n) is 12.0. The fraction of sp³-hybridized carbons (Fsp3) is 0.581. The van der Waals surface area contributed by atoms with Gasteiger partial charge < -0.3 is 25.0 Å². The molecule has 41 heavy (non-hydrogen) atoms. The number of carbonyl (C=O) groups is 1. The van der Waals surface area contributed by atoms with E-state index in [0.29, 0.717) is 6.04 Å². The molecule has 3 aromatic heterocycles. The number of likely N-dealkylation sites (tertiary alicyclic amines) is 1. The molecule has 2 saturated heterocycles. The molecule has 6 rings (SSSR count). The van der Waals surface area contributed by atoms with Crippen LogP contribution in [-0.4, -0.2) is 102 Å². The van der Waals surface area contributed by atoms with Crippen molar-refractivity contribution in [3.8, 4) is 11.3 Å². The normalized spacial score (nSPS) is 23.9. The maximum absolute atomic E-state index is 12.8. The van der Waals surface area contributed by atoms with Gasteiger partial charge in [0.25, 0.3) is 0 Å². The molecular weight excluding hydrogens is 518 g/mol. The summed E-state index contributed by atoms with van der Waals surface area (Å²) in [6.07, 6.45) is 9.37. The first kappa shape index (κ1) is 28.1. The average molecular weight is 562 g/mol. The van der Waals surface area contributed by atoms with Gasteiger partial charge in [-0.3, -0.25) is 14.7 Å². The van der Waals surface area contributed by atoms with Crippen LogP contribution in [0.25, 0.3) is 16.8 Å². The number of fused-ring (bicyclic) bond motifs is 1. The van der Waals surface area contributed by atoms with Gasteiger partial charge in [0.1, 0.15) is 0 Å². The molecule has 10 heteroatoms. The summed E-state index contributed by atoms with van der Waals surface area (Å²) < 4.78 is 13.4. The zero-order valence-electron chi connectivity index (χ0n) is 24.5. The number of nitrogens with zero attached hydrogens (tertiary/aromatic N) is 6. The van der Waals surface area contributed by atoms with Crippen LogP contribution in [0.5, 0.6) is 0 Å². The Labute approximate surface area is 242 Å². The SMILES string of the molecule is COC[C@H](C)N1CCC(OC)(c2ccc(-c3cc4c(N5CCN(C(=O)[C@H]6C[C@H](N)C6)CC5)ccnn4c3)nc2)CC1. The predicted molar refractivity (Wildman–Crippen MR) is 159 cm³/mol. The molecule has 2 aliphatic heterocycles. The fourth-order valence-corrected chi connectivity index (χ4v) is 6.81. The molecule has 1 aliphatic carbocycles. The standard InChI is InChI=1S/C31H43N7O3/c1-22(21-40-2)35-10-7-31(41-3,8-11-35)25-4-5-27(33-19-25)24-18-29-28(6-9-34-38(29)20-24)36-12-14-37(15-13-36)30(39)23-16-26(32)17-23/h4-6,9,18-20,22-23,26H,7-8,10-17,21,32H2,1-3H3/t22-,23-,26-/m0/s1. The molecule has 220 valence electrons. The Morgan fingerprint density at radius 2 is 1.85 bits per heavy atom. The zero-order chi connectivity index (χ0) is 28.6. The van der Waals surface area contributed by atoms with Crippen LogP contribution < -0.4 is 10.6 Å². The van der Waals surface area contributed by atoms with Crippen molar-refractivity contribution < 1.29 is 14.3 Å². The van der Waals surface area contributed by atoms with E-state index in [2.05, 4.69) is 46.1 Å². The number of piperidine rings is 1. The molecule has 3 aliphatic rings. The van der Waals surface area contributed by atoms with Crippen LogP contribution in [-0.2, 0) is 19.9 Å². The predicted octanol–water partition coefficient (Wildman–Crippen LogP) is 2.75. The third-order valence-corrected chi connectivity index (χ3v) is 9.56. The van der Waals surface area contributed by atoms with Crippen LogP contribution in [0.1, 0.15) is 38.2 Å². The summed E-state index contributed by atoms with van der Waals surface area (Å²) in [6.45, 7) is 7.98. The van der Waals surface area contributed by atoms with Gasteiger partial charge in [0.2, 0.25) is 5.91 Å². The van der Waals surface area contributed by atoms with Crippen molar-refractivity contribution >= 4 is 17.1 Å². The molecule has 1 atom stereocenters. The van der Waals surface area contributed by atoms with Gasteiger partial charge in [-0.2, -0.15) is 5.10 Å². The monoisotopic (exact) mass is 561 g/mol. The van der Waals surface area contributed by atoms with Gasteiger partial charge in [0, 0.05) is 101 Å². The number of rotatable bonds is 8. The molecule has 0 unspecified atom stereocenters. The number of methoxy groups -OCH3 is 2. The highest BCUT2D eigenvalue weighted by Crippen LogP contribution is 2.37. The Morgan fingerprint density at radius 1 is 1.10 bits per heavy atom. The lowest BCUT2D eigenvalue weighted by molar-refractivity contribution is -0.139. The summed E-state index contributed by atoms with van der Waals surface area (Å²) in [5.41, 5.74) is 10.8. The second-order valence-corrected chi connectivity index (χ2v) is 12.0. The molecule has 3 aromatic rings. The second kappa shape index (κ2) is 11.7. The number of nitrogens with two attached hydrogens (primary N) is 1. The first-order valence-corrected chi connectivity index (χ1v) is 14.9. The zero-order valence-corrected chi connectivity index (χ0v) is 24.5. The summed E-state index contributed by atoms with van der Waals surface area (Å²) in [7, 11) is 3.57. The Balaban J connectivity index is 1.14. The fourth-order valence-electron chi connectivity index (χ4n) is 6.81. The Bertz CT molecular complexity index is 1340. The number of amides is 1. The molecule has 0 aromatic carbocycles. The highest BCUT2D eigenvalue weighted by Gasteiger charge is 2.38. The van der Waals surface area contributed by atoms with E-state index in [4.69, 9.17) is 20.2 Å². The number of ether oxygens (including phenoxy) is 2. The van der Waals surface area contributed by atoms with Crippen LogP contribution in [0.2, 0.25) is 0 Å². The van der Waals surface area contributed by atoms with E-state index in [1.165, 1.54) is 0 Å². The number of hydrogen-bond acceptors (Lipinski definition) is 8. The number of aromatic nitrogens is 3. The van der Waals surface area contributed by atoms with E-state index in [9.17, 15) is 4.79 Å². The Morgan fingerprint density at radius 3 is 2.49 bits per heavy atom. The van der Waals surface area contributed by atoms with Crippen LogP contribution in [0, 0.1) is 5.92 Å². The van der Waals surface area contributed by atoms with Crippen molar-refractivity contribution in [1.29, 1.82) is 0 Å². The molecule has 1 saturated carbocycles. The molecule has 2 N–H and O–H groups in total. The Hall–Kier alpha value is -3.05. The highest BCUT2D eigenvalue weighted by atomic mass is 16.5. The number of piperazine rings is 1. The van der Waals surface area contributed by atoms with E-state index in [1.807, 2.05) is 35.1 Å². The van der Waals surface area contributed by atoms with Crippen LogP contribution in [0.3, 0.4) is 0 Å². The third-order valence-electron chi connectivity index (χ3n) is 9.56. The van der Waals surface area contributed by atoms with E-state index < -0.39 is 0 Å². The topological polar surface area (TPSA) is 101 Å². The molecule has 10 nitrogen and oxygen atoms in total. The van der Waals surface area contributed by atoms with Gasteiger partial charge in [-0.1, -0.05) is 6.07 Å². The van der Waals surface area contributed by atoms with Crippen molar-refractivity contribution in [2.75, 3.05) is 65.0 Å². The van der Waals surface area contributed by atoms with Gasteiger partial charge in [-0.05, 0) is 50.8 Å². The first-order chi connectivity index (χ1) is 19.9. The van der Waals surface area contributed by atoms with Crippen molar-refractivity contribution in [1.82, 2.24) is 24.4 Å². The maximum atomic E-state index is 12.8. The van der Waals surface area contributed by atoms with Gasteiger partial charge in [-0.15, -0.1) is 0 Å². The van der Waals surface area contributed by atoms with E-state index in [1.54, 1.807) is 7.11 Å². The smallest absolute Gasteiger partial charge is 0.225 e. The largest absolute Gasteiger partial charge is 0.383 e. The van der Waals surface area contributed by atoms with Gasteiger partial charge in [0.05, 0.1) is 29.1 Å². The van der Waals surface area contributed by atoms with E-state index in [-0.39, 0.29) is 23.5 Å². The quantitative estimate of drug-likeness (QED) is 0.448. The van der Waals surface area contributed by atoms with Crippen LogP contribution >= 0.6 is 0 Å². The highest BCUT2D eigenvalue weighted by molar-refractivity contribution is 5.81.